The fourth-order valence-electron chi connectivity index (χ4n) is 1.50. The average Bonchev–Trinajstić information content (AvgIpc) is 2.83. The second-order valence-corrected chi connectivity index (χ2v) is 4.08. The Morgan fingerprint density at radius 1 is 0.947 bits per heavy atom. The van der Waals surface area contributed by atoms with Gasteiger partial charge in [0.1, 0.15) is 11.0 Å². The first-order valence-electron chi connectivity index (χ1n) is 5.15. The van der Waals surface area contributed by atoms with Crippen LogP contribution in [0.2, 0.25) is 0 Å². The number of hydrogen-bond donors (Lipinski definition) is 2. The molecule has 0 saturated carbocycles. The van der Waals surface area contributed by atoms with Crippen molar-refractivity contribution in [3.05, 3.63) is 35.4 Å². The van der Waals surface area contributed by atoms with Crippen molar-refractivity contribution >= 4 is 46.9 Å². The number of carboxylic acid groups (broad SMARTS) is 2. The Balaban J connectivity index is 2.50. The molecular weight excluding hydrogens is 268 g/mol. The van der Waals surface area contributed by atoms with Gasteiger partial charge in [-0.25, -0.2) is 9.59 Å². The van der Waals surface area contributed by atoms with Crippen LogP contribution in [0.25, 0.3) is 23.2 Å². The third kappa shape index (κ3) is 3.02. The number of aromatic nitrogens is 2. The zero-order valence-electron chi connectivity index (χ0n) is 9.48. The van der Waals surface area contributed by atoms with Crippen molar-refractivity contribution in [2.45, 2.75) is 0 Å². The standard InChI is InChI=1S/C12H8N2O4S/c15-9(16)5-3-7-1-2-8(4-6-10(17)18)12-11(7)13-19-14-12/h1-6H,(H,15,16)(H,17,18)/b5-3+,6-4+. The summed E-state index contributed by atoms with van der Waals surface area (Å²) in [6, 6.07) is 3.34. The Morgan fingerprint density at radius 3 is 1.74 bits per heavy atom. The zero-order valence-corrected chi connectivity index (χ0v) is 10.3. The SMILES string of the molecule is O=C(O)/C=C/c1ccc(/C=C/C(=O)O)c2nsnc12. The first-order valence-corrected chi connectivity index (χ1v) is 5.88. The summed E-state index contributed by atoms with van der Waals surface area (Å²) in [5.41, 5.74) is 2.35. The van der Waals surface area contributed by atoms with Gasteiger partial charge >= 0.3 is 11.9 Å². The fourth-order valence-corrected chi connectivity index (χ4v) is 2.08. The van der Waals surface area contributed by atoms with E-state index < -0.39 is 11.9 Å². The van der Waals surface area contributed by atoms with Crippen molar-refractivity contribution in [2.75, 3.05) is 0 Å². The molecule has 0 fully saturated rings. The van der Waals surface area contributed by atoms with Gasteiger partial charge in [0.15, 0.2) is 0 Å². The van der Waals surface area contributed by atoms with Gasteiger partial charge in [0.25, 0.3) is 0 Å². The van der Waals surface area contributed by atoms with E-state index in [-0.39, 0.29) is 0 Å². The van der Waals surface area contributed by atoms with Crippen LogP contribution in [0.5, 0.6) is 0 Å². The van der Waals surface area contributed by atoms with Gasteiger partial charge < -0.3 is 10.2 Å². The predicted octanol–water partition coefficient (Wildman–Crippen LogP) is 1.89. The highest BCUT2D eigenvalue weighted by Gasteiger charge is 2.07. The quantitative estimate of drug-likeness (QED) is 0.827. The molecule has 0 aliphatic carbocycles. The lowest BCUT2D eigenvalue weighted by atomic mass is 10.1. The van der Waals surface area contributed by atoms with E-state index >= 15 is 0 Å². The lowest BCUT2D eigenvalue weighted by Gasteiger charge is -1.98. The van der Waals surface area contributed by atoms with Crippen molar-refractivity contribution in [3.8, 4) is 0 Å². The Hall–Kier alpha value is -2.54. The topological polar surface area (TPSA) is 100 Å². The van der Waals surface area contributed by atoms with Crippen molar-refractivity contribution in [1.29, 1.82) is 0 Å². The molecule has 0 radical (unpaired) electrons. The number of carboxylic acids is 2. The maximum absolute atomic E-state index is 10.5. The highest BCUT2D eigenvalue weighted by atomic mass is 32.1. The smallest absolute Gasteiger partial charge is 0.328 e. The third-order valence-electron chi connectivity index (χ3n) is 2.29. The van der Waals surface area contributed by atoms with Gasteiger partial charge in [-0.15, -0.1) is 0 Å². The first kappa shape index (κ1) is 12.9. The fraction of sp³-hybridized carbons (Fsp3) is 0. The second kappa shape index (κ2) is 5.40. The van der Waals surface area contributed by atoms with E-state index in [1.54, 1.807) is 12.1 Å². The van der Waals surface area contributed by atoms with Gasteiger partial charge in [-0.3, -0.25) is 0 Å². The highest BCUT2D eigenvalue weighted by molar-refractivity contribution is 7.00. The molecule has 2 N–H and O–H groups in total. The Morgan fingerprint density at radius 2 is 1.37 bits per heavy atom. The minimum Gasteiger partial charge on any atom is -0.478 e. The van der Waals surface area contributed by atoms with Crippen molar-refractivity contribution in [1.82, 2.24) is 8.75 Å². The lowest BCUT2D eigenvalue weighted by Crippen LogP contribution is -1.88. The summed E-state index contributed by atoms with van der Waals surface area (Å²) in [7, 11) is 0. The molecule has 0 spiro atoms. The van der Waals surface area contributed by atoms with Crippen LogP contribution in [-0.4, -0.2) is 30.9 Å². The average molecular weight is 276 g/mol. The molecule has 6 nitrogen and oxygen atoms in total. The number of benzene rings is 1. The predicted molar refractivity (Wildman–Crippen MR) is 70.8 cm³/mol. The Bertz CT molecular complexity index is 645. The molecule has 0 aliphatic heterocycles. The van der Waals surface area contributed by atoms with E-state index in [2.05, 4.69) is 8.75 Å². The van der Waals surface area contributed by atoms with Crippen LogP contribution < -0.4 is 0 Å². The van der Waals surface area contributed by atoms with Crippen molar-refractivity contribution < 1.29 is 19.8 Å². The molecule has 2 rings (SSSR count). The number of rotatable bonds is 4. The normalized spacial score (nSPS) is 11.6. The molecule has 1 aromatic carbocycles. The van der Waals surface area contributed by atoms with Crippen LogP contribution in [-0.2, 0) is 9.59 Å². The second-order valence-electron chi connectivity index (χ2n) is 3.55. The van der Waals surface area contributed by atoms with E-state index in [0.717, 1.165) is 23.9 Å². The van der Waals surface area contributed by atoms with E-state index in [1.807, 2.05) is 0 Å². The summed E-state index contributed by atoms with van der Waals surface area (Å²) in [5, 5.41) is 17.2. The van der Waals surface area contributed by atoms with Crippen LogP contribution in [0.3, 0.4) is 0 Å². The molecule has 0 aliphatic rings. The van der Waals surface area contributed by atoms with Gasteiger partial charge in [-0.05, 0) is 12.2 Å². The minimum absolute atomic E-state index is 0.551. The molecule has 1 aromatic heterocycles. The molecular formula is C12H8N2O4S. The molecule has 2 aromatic rings. The van der Waals surface area contributed by atoms with Gasteiger partial charge in [0.2, 0.25) is 0 Å². The van der Waals surface area contributed by atoms with E-state index in [4.69, 9.17) is 10.2 Å². The van der Waals surface area contributed by atoms with Gasteiger partial charge in [-0.1, -0.05) is 12.1 Å². The zero-order chi connectivity index (χ0) is 13.8. The molecule has 19 heavy (non-hydrogen) atoms. The van der Waals surface area contributed by atoms with Crippen LogP contribution in [0, 0.1) is 0 Å². The summed E-state index contributed by atoms with van der Waals surface area (Å²) in [6.45, 7) is 0. The number of aliphatic carboxylic acids is 2. The van der Waals surface area contributed by atoms with Gasteiger partial charge in [0.05, 0.1) is 11.7 Å². The summed E-state index contributed by atoms with van der Waals surface area (Å²) in [6.07, 6.45) is 4.88. The maximum atomic E-state index is 10.5. The minimum atomic E-state index is -1.05. The summed E-state index contributed by atoms with van der Waals surface area (Å²) >= 11 is 0.987. The number of fused-ring (bicyclic) bond motifs is 1. The van der Waals surface area contributed by atoms with E-state index in [9.17, 15) is 9.59 Å². The van der Waals surface area contributed by atoms with E-state index in [0.29, 0.717) is 22.2 Å². The molecule has 1 heterocycles. The molecule has 0 atom stereocenters. The molecule has 0 saturated heterocycles. The summed E-state index contributed by atoms with van der Waals surface area (Å²) < 4.78 is 8.18. The first-order chi connectivity index (χ1) is 9.08. The molecule has 0 unspecified atom stereocenters. The highest BCUT2D eigenvalue weighted by Crippen LogP contribution is 2.23. The summed E-state index contributed by atoms with van der Waals surface area (Å²) in [5.74, 6) is -2.10. The molecule has 96 valence electrons. The summed E-state index contributed by atoms with van der Waals surface area (Å²) in [4.78, 5) is 21.0. The van der Waals surface area contributed by atoms with Crippen molar-refractivity contribution in [3.63, 3.8) is 0 Å². The largest absolute Gasteiger partial charge is 0.478 e. The Labute approximate surface area is 111 Å². The lowest BCUT2D eigenvalue weighted by molar-refractivity contribution is -0.132. The molecule has 7 heteroatoms. The molecule has 0 bridgehead atoms. The number of carbonyl (C=O) groups is 2. The maximum Gasteiger partial charge on any atom is 0.328 e. The Kier molecular flexibility index (Phi) is 3.67. The van der Waals surface area contributed by atoms with Gasteiger partial charge in [0, 0.05) is 23.3 Å². The third-order valence-corrected chi connectivity index (χ3v) is 2.82. The van der Waals surface area contributed by atoms with Gasteiger partial charge in [-0.2, -0.15) is 8.75 Å². The monoisotopic (exact) mass is 276 g/mol. The van der Waals surface area contributed by atoms with Crippen LogP contribution >= 0.6 is 11.7 Å². The number of nitrogens with zero attached hydrogens (tertiary/aromatic N) is 2. The van der Waals surface area contributed by atoms with Crippen LogP contribution in [0.4, 0.5) is 0 Å². The van der Waals surface area contributed by atoms with Crippen molar-refractivity contribution in [2.24, 2.45) is 0 Å². The van der Waals surface area contributed by atoms with Crippen LogP contribution in [0.15, 0.2) is 24.3 Å². The molecule has 0 amide bonds. The van der Waals surface area contributed by atoms with E-state index in [1.165, 1.54) is 12.2 Å². The van der Waals surface area contributed by atoms with Crippen LogP contribution in [0.1, 0.15) is 11.1 Å². The number of hydrogen-bond acceptors (Lipinski definition) is 5.